The Balaban J connectivity index is 1.66. The highest BCUT2D eigenvalue weighted by Gasteiger charge is 2.21. The molecular formula is C17H19FN2. The van der Waals surface area contributed by atoms with E-state index in [-0.39, 0.29) is 11.9 Å². The van der Waals surface area contributed by atoms with Crippen molar-refractivity contribution in [3.8, 4) is 0 Å². The molecule has 20 heavy (non-hydrogen) atoms. The number of halogens is 1. The molecule has 0 fully saturated rings. The first-order valence-corrected chi connectivity index (χ1v) is 7.05. The lowest BCUT2D eigenvalue weighted by atomic mass is 10.1. The van der Waals surface area contributed by atoms with Crippen LogP contribution >= 0.6 is 0 Å². The highest BCUT2D eigenvalue weighted by atomic mass is 19.1. The Labute approximate surface area is 119 Å². The van der Waals surface area contributed by atoms with E-state index < -0.39 is 0 Å². The largest absolute Gasteiger partial charge is 0.369 e. The van der Waals surface area contributed by atoms with Gasteiger partial charge in [0.2, 0.25) is 0 Å². The van der Waals surface area contributed by atoms with Gasteiger partial charge in [0.25, 0.3) is 0 Å². The minimum absolute atomic E-state index is 0.0617. The summed E-state index contributed by atoms with van der Waals surface area (Å²) in [6.45, 7) is 1.70. The predicted octanol–water partition coefficient (Wildman–Crippen LogP) is 2.76. The molecule has 1 atom stereocenters. The molecule has 104 valence electrons. The lowest BCUT2D eigenvalue weighted by Gasteiger charge is -2.23. The minimum atomic E-state index is -0.174. The molecule has 1 aliphatic heterocycles. The van der Waals surface area contributed by atoms with Crippen LogP contribution in [0.4, 0.5) is 10.1 Å². The number of hydrogen-bond acceptors (Lipinski definition) is 2. The number of fused-ring (bicyclic) bond motifs is 1. The van der Waals surface area contributed by atoms with Gasteiger partial charge in [-0.25, -0.2) is 4.39 Å². The van der Waals surface area contributed by atoms with E-state index in [1.54, 1.807) is 6.07 Å². The molecule has 0 amide bonds. The molecule has 1 heterocycles. The molecule has 2 aromatic carbocycles. The summed E-state index contributed by atoms with van der Waals surface area (Å²) in [6.07, 6.45) is 1.83. The number of anilines is 1. The van der Waals surface area contributed by atoms with Crippen molar-refractivity contribution in [3.05, 3.63) is 65.5 Å². The van der Waals surface area contributed by atoms with E-state index in [0.29, 0.717) is 0 Å². The van der Waals surface area contributed by atoms with Gasteiger partial charge < -0.3 is 10.6 Å². The first-order valence-electron chi connectivity index (χ1n) is 7.05. The SMILES string of the molecule is NC(Cc1ccccc1)CN1CCc2ccc(F)cc21. The van der Waals surface area contributed by atoms with E-state index in [1.807, 2.05) is 24.3 Å². The van der Waals surface area contributed by atoms with Crippen molar-refractivity contribution in [2.24, 2.45) is 5.73 Å². The third kappa shape index (κ3) is 2.83. The van der Waals surface area contributed by atoms with Crippen molar-refractivity contribution < 1.29 is 4.39 Å². The number of rotatable bonds is 4. The maximum atomic E-state index is 13.4. The molecule has 0 aromatic heterocycles. The third-order valence-electron chi connectivity index (χ3n) is 3.83. The van der Waals surface area contributed by atoms with Gasteiger partial charge in [-0.1, -0.05) is 36.4 Å². The number of benzene rings is 2. The Bertz CT molecular complexity index is 583. The summed E-state index contributed by atoms with van der Waals surface area (Å²) in [5, 5.41) is 0. The van der Waals surface area contributed by atoms with Gasteiger partial charge in [-0.2, -0.15) is 0 Å². The van der Waals surface area contributed by atoms with Gasteiger partial charge in [0.05, 0.1) is 0 Å². The van der Waals surface area contributed by atoms with Gasteiger partial charge in [0.1, 0.15) is 5.82 Å². The molecule has 2 N–H and O–H groups in total. The molecule has 1 aliphatic rings. The summed E-state index contributed by atoms with van der Waals surface area (Å²) in [5.41, 5.74) is 9.72. The molecule has 0 saturated heterocycles. The normalized spacial score (nSPS) is 15.2. The van der Waals surface area contributed by atoms with Gasteiger partial charge >= 0.3 is 0 Å². The van der Waals surface area contributed by atoms with Crippen molar-refractivity contribution in [1.82, 2.24) is 0 Å². The highest BCUT2D eigenvalue weighted by molar-refractivity contribution is 5.58. The Morgan fingerprint density at radius 1 is 1.15 bits per heavy atom. The molecule has 3 rings (SSSR count). The summed E-state index contributed by atoms with van der Waals surface area (Å²) in [6, 6.07) is 15.4. The van der Waals surface area contributed by atoms with E-state index >= 15 is 0 Å². The minimum Gasteiger partial charge on any atom is -0.369 e. The molecule has 0 aliphatic carbocycles. The van der Waals surface area contributed by atoms with Gasteiger partial charge in [-0.3, -0.25) is 0 Å². The number of nitrogens with two attached hydrogens (primary N) is 1. The molecule has 1 unspecified atom stereocenters. The smallest absolute Gasteiger partial charge is 0.125 e. The maximum absolute atomic E-state index is 13.4. The maximum Gasteiger partial charge on any atom is 0.125 e. The van der Waals surface area contributed by atoms with Crippen molar-refractivity contribution in [3.63, 3.8) is 0 Å². The standard InChI is InChI=1S/C17H19FN2/c18-15-7-6-14-8-9-20(17(14)11-15)12-16(19)10-13-4-2-1-3-5-13/h1-7,11,16H,8-10,12,19H2. The summed E-state index contributed by atoms with van der Waals surface area (Å²) in [4.78, 5) is 2.20. The van der Waals surface area contributed by atoms with Crippen LogP contribution in [0.5, 0.6) is 0 Å². The molecule has 2 nitrogen and oxygen atoms in total. The Morgan fingerprint density at radius 3 is 2.75 bits per heavy atom. The van der Waals surface area contributed by atoms with Crippen LogP contribution in [-0.4, -0.2) is 19.1 Å². The Hall–Kier alpha value is -1.87. The van der Waals surface area contributed by atoms with Crippen LogP contribution in [0, 0.1) is 5.82 Å². The van der Waals surface area contributed by atoms with Gasteiger partial charge in [0, 0.05) is 24.8 Å². The zero-order valence-electron chi connectivity index (χ0n) is 11.4. The van der Waals surface area contributed by atoms with E-state index in [2.05, 4.69) is 17.0 Å². The molecule has 0 spiro atoms. The first kappa shape index (κ1) is 13.1. The second-order valence-electron chi connectivity index (χ2n) is 5.42. The van der Waals surface area contributed by atoms with Crippen molar-refractivity contribution in [1.29, 1.82) is 0 Å². The van der Waals surface area contributed by atoms with Gasteiger partial charge in [-0.15, -0.1) is 0 Å². The summed E-state index contributed by atoms with van der Waals surface area (Å²) >= 11 is 0. The fourth-order valence-corrected chi connectivity index (χ4v) is 2.87. The third-order valence-corrected chi connectivity index (χ3v) is 3.83. The van der Waals surface area contributed by atoms with Crippen molar-refractivity contribution in [2.75, 3.05) is 18.0 Å². The second kappa shape index (κ2) is 5.63. The van der Waals surface area contributed by atoms with E-state index in [0.717, 1.165) is 31.6 Å². The number of nitrogens with zero attached hydrogens (tertiary/aromatic N) is 1. The topological polar surface area (TPSA) is 29.3 Å². The van der Waals surface area contributed by atoms with E-state index in [9.17, 15) is 4.39 Å². The van der Waals surface area contributed by atoms with Gasteiger partial charge in [-0.05, 0) is 36.1 Å². The lowest BCUT2D eigenvalue weighted by Crippen LogP contribution is -2.38. The van der Waals surface area contributed by atoms with Crippen LogP contribution in [0.25, 0.3) is 0 Å². The van der Waals surface area contributed by atoms with Crippen LogP contribution in [-0.2, 0) is 12.8 Å². The molecule has 0 radical (unpaired) electrons. The fraction of sp³-hybridized carbons (Fsp3) is 0.294. The molecule has 0 saturated carbocycles. The van der Waals surface area contributed by atoms with Gasteiger partial charge in [0.15, 0.2) is 0 Å². The first-order chi connectivity index (χ1) is 9.72. The van der Waals surface area contributed by atoms with Crippen LogP contribution < -0.4 is 10.6 Å². The van der Waals surface area contributed by atoms with Crippen molar-refractivity contribution in [2.45, 2.75) is 18.9 Å². The number of hydrogen-bond donors (Lipinski definition) is 1. The molecular weight excluding hydrogens is 251 g/mol. The molecule has 0 bridgehead atoms. The van der Waals surface area contributed by atoms with E-state index in [4.69, 9.17) is 5.73 Å². The quantitative estimate of drug-likeness (QED) is 0.925. The second-order valence-corrected chi connectivity index (χ2v) is 5.42. The molecule has 3 heteroatoms. The average molecular weight is 270 g/mol. The Morgan fingerprint density at radius 2 is 1.95 bits per heavy atom. The monoisotopic (exact) mass is 270 g/mol. The predicted molar refractivity (Wildman–Crippen MR) is 80.4 cm³/mol. The Kier molecular flexibility index (Phi) is 3.70. The van der Waals surface area contributed by atoms with Crippen LogP contribution in [0.1, 0.15) is 11.1 Å². The average Bonchev–Trinajstić information content (AvgIpc) is 2.82. The van der Waals surface area contributed by atoms with E-state index in [1.165, 1.54) is 17.2 Å². The molecule has 2 aromatic rings. The summed E-state index contributed by atoms with van der Waals surface area (Å²) < 4.78 is 13.4. The summed E-state index contributed by atoms with van der Waals surface area (Å²) in [7, 11) is 0. The fourth-order valence-electron chi connectivity index (χ4n) is 2.87. The highest BCUT2D eigenvalue weighted by Crippen LogP contribution is 2.28. The summed E-state index contributed by atoms with van der Waals surface area (Å²) in [5.74, 6) is -0.174. The lowest BCUT2D eigenvalue weighted by molar-refractivity contribution is 0.622. The van der Waals surface area contributed by atoms with Crippen LogP contribution in [0.3, 0.4) is 0 Å². The zero-order chi connectivity index (χ0) is 13.9. The van der Waals surface area contributed by atoms with Crippen LogP contribution in [0.15, 0.2) is 48.5 Å². The van der Waals surface area contributed by atoms with Crippen LogP contribution in [0.2, 0.25) is 0 Å². The zero-order valence-corrected chi connectivity index (χ0v) is 11.4. The van der Waals surface area contributed by atoms with Crippen molar-refractivity contribution >= 4 is 5.69 Å².